The van der Waals surface area contributed by atoms with Crippen molar-refractivity contribution in [2.75, 3.05) is 0 Å². The molecule has 0 unspecified atom stereocenters. The van der Waals surface area contributed by atoms with E-state index in [1.807, 2.05) is 16.7 Å². The molecule has 2 rings (SSSR count). The van der Waals surface area contributed by atoms with Crippen LogP contribution in [0.25, 0.3) is 5.78 Å². The summed E-state index contributed by atoms with van der Waals surface area (Å²) in [7, 11) is 0. The summed E-state index contributed by atoms with van der Waals surface area (Å²) in [4.78, 5) is 8.19. The van der Waals surface area contributed by atoms with Crippen LogP contribution >= 0.6 is 31.9 Å². The van der Waals surface area contributed by atoms with Crippen LogP contribution in [0.15, 0.2) is 27.7 Å². The fraction of sp³-hybridized carbons (Fsp3) is 0. The van der Waals surface area contributed by atoms with Gasteiger partial charge in [0.15, 0.2) is 0 Å². The summed E-state index contributed by atoms with van der Waals surface area (Å²) in [6, 6.07) is 1.86. The van der Waals surface area contributed by atoms with Gasteiger partial charge in [-0.25, -0.2) is 9.97 Å². The predicted octanol–water partition coefficient (Wildman–Crippen LogP) is 2.25. The highest BCUT2D eigenvalue weighted by atomic mass is 79.9. The predicted molar refractivity (Wildman–Crippen MR) is 48.4 cm³/mol. The van der Waals surface area contributed by atoms with Gasteiger partial charge in [-0.1, -0.05) is 0 Å². The summed E-state index contributed by atoms with van der Waals surface area (Å²) in [6.07, 6.45) is 3.61. The van der Waals surface area contributed by atoms with Gasteiger partial charge in [0.25, 0.3) is 0 Å². The molecule has 0 saturated heterocycles. The van der Waals surface area contributed by atoms with Gasteiger partial charge in [0.05, 0.1) is 6.20 Å². The van der Waals surface area contributed by atoms with Gasteiger partial charge >= 0.3 is 0 Å². The Morgan fingerprint density at radius 3 is 3.00 bits per heavy atom. The van der Waals surface area contributed by atoms with Gasteiger partial charge in [0, 0.05) is 6.20 Å². The molecule has 0 spiro atoms. The lowest BCUT2D eigenvalue weighted by Gasteiger charge is -1.92. The number of hydrogen-bond acceptors (Lipinski definition) is 2. The Bertz CT molecular complexity index is 396. The van der Waals surface area contributed by atoms with E-state index in [4.69, 9.17) is 0 Å². The second-order valence-corrected chi connectivity index (χ2v) is 3.63. The van der Waals surface area contributed by atoms with Crippen LogP contribution in [-0.2, 0) is 0 Å². The molecular weight excluding hydrogens is 274 g/mol. The molecule has 0 aliphatic heterocycles. The van der Waals surface area contributed by atoms with Crippen LogP contribution in [-0.4, -0.2) is 14.4 Å². The maximum absolute atomic E-state index is 4.14. The van der Waals surface area contributed by atoms with Gasteiger partial charge in [0.1, 0.15) is 9.21 Å². The Kier molecular flexibility index (Phi) is 1.69. The lowest BCUT2D eigenvalue weighted by molar-refractivity contribution is 1.07. The molecule has 0 amide bonds. The van der Waals surface area contributed by atoms with Crippen molar-refractivity contribution in [2.45, 2.75) is 0 Å². The van der Waals surface area contributed by atoms with Crippen LogP contribution in [0.3, 0.4) is 0 Å². The summed E-state index contributed by atoms with van der Waals surface area (Å²) in [6.45, 7) is 0. The highest BCUT2D eigenvalue weighted by Crippen LogP contribution is 2.13. The fourth-order valence-corrected chi connectivity index (χ4v) is 1.48. The van der Waals surface area contributed by atoms with Crippen LogP contribution < -0.4 is 0 Å². The molecular formula is C6H3Br2N3. The second-order valence-electron chi connectivity index (χ2n) is 2.00. The van der Waals surface area contributed by atoms with Crippen molar-refractivity contribution in [1.82, 2.24) is 14.4 Å². The Labute approximate surface area is 79.7 Å². The zero-order valence-corrected chi connectivity index (χ0v) is 8.50. The molecule has 0 fully saturated rings. The molecule has 3 nitrogen and oxygen atoms in total. The topological polar surface area (TPSA) is 30.2 Å². The van der Waals surface area contributed by atoms with Gasteiger partial charge in [0.2, 0.25) is 5.78 Å². The van der Waals surface area contributed by atoms with E-state index in [1.54, 1.807) is 6.20 Å². The van der Waals surface area contributed by atoms with Crippen LogP contribution in [0, 0.1) is 0 Å². The number of hydrogen-bond donors (Lipinski definition) is 0. The molecule has 0 atom stereocenters. The first-order valence-electron chi connectivity index (χ1n) is 2.92. The van der Waals surface area contributed by atoms with Crippen molar-refractivity contribution in [3.8, 4) is 0 Å². The van der Waals surface area contributed by atoms with E-state index in [2.05, 4.69) is 41.8 Å². The third kappa shape index (κ3) is 1.18. The van der Waals surface area contributed by atoms with E-state index >= 15 is 0 Å². The molecule has 11 heavy (non-hydrogen) atoms. The first-order valence-corrected chi connectivity index (χ1v) is 4.51. The summed E-state index contributed by atoms with van der Waals surface area (Å²) in [5, 5.41) is 0. The van der Waals surface area contributed by atoms with Crippen molar-refractivity contribution in [3.05, 3.63) is 27.7 Å². The number of aromatic nitrogens is 3. The number of rotatable bonds is 0. The quantitative estimate of drug-likeness (QED) is 0.691. The highest BCUT2D eigenvalue weighted by molar-refractivity contribution is 9.10. The number of halogens is 2. The van der Waals surface area contributed by atoms with Crippen LogP contribution in [0.2, 0.25) is 0 Å². The first kappa shape index (κ1) is 7.24. The van der Waals surface area contributed by atoms with E-state index in [0.717, 1.165) is 9.21 Å². The largest absolute Gasteiger partial charge is 0.278 e. The van der Waals surface area contributed by atoms with Gasteiger partial charge in [-0.15, -0.1) is 0 Å². The second kappa shape index (κ2) is 2.57. The summed E-state index contributed by atoms with van der Waals surface area (Å²) >= 11 is 6.60. The molecule has 5 heteroatoms. The zero-order chi connectivity index (χ0) is 7.84. The lowest BCUT2D eigenvalue weighted by atomic mass is 10.7. The lowest BCUT2D eigenvalue weighted by Crippen LogP contribution is -1.87. The minimum absolute atomic E-state index is 0.686. The van der Waals surface area contributed by atoms with Gasteiger partial charge in [-0.05, 0) is 37.9 Å². The Hall–Kier alpha value is -0.420. The normalized spacial score (nSPS) is 10.7. The molecule has 2 aromatic rings. The molecule has 0 radical (unpaired) electrons. The molecule has 0 bridgehead atoms. The summed E-state index contributed by atoms with van der Waals surface area (Å²) in [5.41, 5.74) is 0. The van der Waals surface area contributed by atoms with Crippen LogP contribution in [0.1, 0.15) is 0 Å². The first-order chi connectivity index (χ1) is 5.27. The average Bonchev–Trinajstić information content (AvgIpc) is 2.32. The Balaban J connectivity index is 2.86. The molecule has 0 aromatic carbocycles. The van der Waals surface area contributed by atoms with E-state index in [0.29, 0.717) is 5.78 Å². The van der Waals surface area contributed by atoms with Crippen molar-refractivity contribution in [3.63, 3.8) is 0 Å². The number of imidazole rings is 1. The van der Waals surface area contributed by atoms with E-state index < -0.39 is 0 Å². The number of fused-ring (bicyclic) bond motifs is 1. The molecule has 0 N–H and O–H groups in total. The Morgan fingerprint density at radius 2 is 2.18 bits per heavy atom. The summed E-state index contributed by atoms with van der Waals surface area (Å²) in [5.74, 6) is 0.686. The van der Waals surface area contributed by atoms with Crippen molar-refractivity contribution >= 4 is 37.6 Å². The molecule has 0 aliphatic carbocycles. The molecule has 0 saturated carbocycles. The van der Waals surface area contributed by atoms with Gasteiger partial charge in [-0.2, -0.15) is 0 Å². The van der Waals surface area contributed by atoms with E-state index in [9.17, 15) is 0 Å². The highest BCUT2D eigenvalue weighted by Gasteiger charge is 1.99. The van der Waals surface area contributed by atoms with E-state index in [1.165, 1.54) is 0 Å². The van der Waals surface area contributed by atoms with Crippen LogP contribution in [0.4, 0.5) is 0 Å². The minimum Gasteiger partial charge on any atom is -0.278 e. The standard InChI is InChI=1S/C6H3Br2N3/c7-4-1-2-11-5(8)3-9-6(11)10-4/h1-3H. The SMILES string of the molecule is Brc1ccn2c(Br)cnc2n1. The smallest absolute Gasteiger partial charge is 0.235 e. The third-order valence-electron chi connectivity index (χ3n) is 1.30. The Morgan fingerprint density at radius 1 is 1.36 bits per heavy atom. The molecule has 0 aliphatic rings. The van der Waals surface area contributed by atoms with Crippen molar-refractivity contribution < 1.29 is 0 Å². The third-order valence-corrected chi connectivity index (χ3v) is 2.33. The van der Waals surface area contributed by atoms with Crippen molar-refractivity contribution in [2.24, 2.45) is 0 Å². The number of nitrogens with zero attached hydrogens (tertiary/aromatic N) is 3. The zero-order valence-electron chi connectivity index (χ0n) is 5.33. The fourth-order valence-electron chi connectivity index (χ4n) is 0.820. The van der Waals surface area contributed by atoms with Crippen LogP contribution in [0.5, 0.6) is 0 Å². The average molecular weight is 277 g/mol. The van der Waals surface area contributed by atoms with Gasteiger partial charge < -0.3 is 0 Å². The molecule has 56 valence electrons. The van der Waals surface area contributed by atoms with Gasteiger partial charge in [-0.3, -0.25) is 4.40 Å². The monoisotopic (exact) mass is 275 g/mol. The summed E-state index contributed by atoms with van der Waals surface area (Å²) < 4.78 is 3.56. The minimum atomic E-state index is 0.686. The molecule has 2 heterocycles. The van der Waals surface area contributed by atoms with E-state index in [-0.39, 0.29) is 0 Å². The maximum atomic E-state index is 4.14. The molecule has 2 aromatic heterocycles. The maximum Gasteiger partial charge on any atom is 0.235 e. The van der Waals surface area contributed by atoms with Crippen molar-refractivity contribution in [1.29, 1.82) is 0 Å².